The summed E-state index contributed by atoms with van der Waals surface area (Å²) < 4.78 is 0. The van der Waals surface area contributed by atoms with E-state index in [9.17, 15) is 0 Å². The van der Waals surface area contributed by atoms with Gasteiger partial charge >= 0.3 is 0 Å². The smallest absolute Gasteiger partial charge is 0.0406 e. The van der Waals surface area contributed by atoms with E-state index >= 15 is 0 Å². The maximum atomic E-state index is 6.20. The summed E-state index contributed by atoms with van der Waals surface area (Å²) in [5, 5.41) is 3.64. The van der Waals surface area contributed by atoms with Gasteiger partial charge in [-0.1, -0.05) is 99.2 Å². The second kappa shape index (κ2) is 9.14. The van der Waals surface area contributed by atoms with E-state index in [0.29, 0.717) is 5.92 Å². The van der Waals surface area contributed by atoms with Crippen molar-refractivity contribution in [3.8, 4) is 0 Å². The topological polar surface area (TPSA) is 0 Å². The largest absolute Gasteiger partial charge is 0.0843 e. The van der Waals surface area contributed by atoms with Crippen LogP contribution in [0, 0.1) is 5.92 Å². The number of hydrogen-bond donors (Lipinski definition) is 0. The third kappa shape index (κ3) is 4.13. The molecule has 1 heteroatoms. The summed E-state index contributed by atoms with van der Waals surface area (Å²) in [5.41, 5.74) is 4.55. The highest BCUT2D eigenvalue weighted by Crippen LogP contribution is 2.45. The molecule has 0 aromatic heterocycles. The molecule has 0 bridgehead atoms. The summed E-state index contributed by atoms with van der Waals surface area (Å²) in [6.45, 7) is 2.29. The van der Waals surface area contributed by atoms with E-state index in [-0.39, 0.29) is 0 Å². The van der Waals surface area contributed by atoms with Gasteiger partial charge < -0.3 is 0 Å². The summed E-state index contributed by atoms with van der Waals surface area (Å²) in [4.78, 5) is 0. The molecule has 4 rings (SSSR count). The monoisotopic (exact) mass is 390 g/mol. The predicted octanol–water partition coefficient (Wildman–Crippen LogP) is 8.55. The van der Waals surface area contributed by atoms with Gasteiger partial charge in [-0.3, -0.25) is 0 Å². The first-order valence-electron chi connectivity index (χ1n) is 11.0. The molecule has 28 heavy (non-hydrogen) atoms. The quantitative estimate of drug-likeness (QED) is 0.354. The summed E-state index contributed by atoms with van der Waals surface area (Å²) in [7, 11) is 0. The van der Waals surface area contributed by atoms with Crippen molar-refractivity contribution in [2.24, 2.45) is 5.92 Å². The normalized spacial score (nSPS) is 18.9. The van der Waals surface area contributed by atoms with Crippen LogP contribution in [-0.4, -0.2) is 0 Å². The molecule has 3 aromatic carbocycles. The highest BCUT2D eigenvalue weighted by molar-refractivity contribution is 6.30. The van der Waals surface area contributed by atoms with E-state index in [0.717, 1.165) is 10.9 Å². The first-order valence-corrected chi connectivity index (χ1v) is 11.4. The van der Waals surface area contributed by atoms with Gasteiger partial charge in [0.2, 0.25) is 0 Å². The van der Waals surface area contributed by atoms with Gasteiger partial charge in [-0.05, 0) is 64.8 Å². The van der Waals surface area contributed by atoms with Crippen molar-refractivity contribution in [2.45, 2.75) is 64.2 Å². The van der Waals surface area contributed by atoms with Crippen LogP contribution >= 0.6 is 11.6 Å². The Balaban J connectivity index is 1.67. The lowest BCUT2D eigenvalue weighted by atomic mass is 9.69. The van der Waals surface area contributed by atoms with Gasteiger partial charge in [0.25, 0.3) is 0 Å². The summed E-state index contributed by atoms with van der Waals surface area (Å²) in [5.74, 6) is 1.23. The molecule has 0 nitrogen and oxygen atoms in total. The van der Waals surface area contributed by atoms with Crippen molar-refractivity contribution in [1.82, 2.24) is 0 Å². The molecule has 0 radical (unpaired) electrons. The predicted molar refractivity (Wildman–Crippen MR) is 122 cm³/mol. The van der Waals surface area contributed by atoms with E-state index < -0.39 is 0 Å². The number of halogens is 1. The fourth-order valence-corrected chi connectivity index (χ4v) is 5.24. The zero-order chi connectivity index (χ0) is 19.3. The average molecular weight is 391 g/mol. The fraction of sp³-hybridized carbons (Fsp3) is 0.407. The molecule has 0 N–H and O–H groups in total. The molecule has 146 valence electrons. The first kappa shape index (κ1) is 19.5. The van der Waals surface area contributed by atoms with Crippen LogP contribution in [0.3, 0.4) is 0 Å². The molecule has 0 saturated carbocycles. The molecule has 0 amide bonds. The van der Waals surface area contributed by atoms with E-state index in [4.69, 9.17) is 11.6 Å². The van der Waals surface area contributed by atoms with E-state index in [1.807, 2.05) is 0 Å². The molecule has 0 fully saturated rings. The van der Waals surface area contributed by atoms with Gasteiger partial charge in [0, 0.05) is 10.9 Å². The zero-order valence-electron chi connectivity index (χ0n) is 17.0. The maximum absolute atomic E-state index is 6.20. The van der Waals surface area contributed by atoms with Crippen molar-refractivity contribution < 1.29 is 0 Å². The molecule has 0 spiro atoms. The van der Waals surface area contributed by atoms with E-state index in [1.165, 1.54) is 67.7 Å². The molecular formula is C27H31Cl. The Morgan fingerprint density at radius 2 is 1.64 bits per heavy atom. The van der Waals surface area contributed by atoms with Crippen LogP contribution in [0.2, 0.25) is 5.02 Å². The lowest BCUT2D eigenvalue weighted by molar-refractivity contribution is 0.367. The Kier molecular flexibility index (Phi) is 6.37. The minimum atomic E-state index is 0.497. The number of unbranched alkanes of at least 4 members (excludes halogenated alkanes) is 4. The summed E-state index contributed by atoms with van der Waals surface area (Å²) in [6.07, 6.45) is 10.7. The van der Waals surface area contributed by atoms with Crippen LogP contribution in [0.25, 0.3) is 10.8 Å². The minimum absolute atomic E-state index is 0.497. The Morgan fingerprint density at radius 1 is 0.857 bits per heavy atom. The van der Waals surface area contributed by atoms with Gasteiger partial charge in [-0.2, -0.15) is 0 Å². The molecule has 0 aliphatic heterocycles. The van der Waals surface area contributed by atoms with Crippen molar-refractivity contribution in [1.29, 1.82) is 0 Å². The van der Waals surface area contributed by atoms with Crippen LogP contribution in [-0.2, 0) is 6.42 Å². The van der Waals surface area contributed by atoms with Crippen LogP contribution < -0.4 is 0 Å². The molecule has 0 unspecified atom stereocenters. The Labute approximate surface area is 174 Å². The average Bonchev–Trinajstić information content (AvgIpc) is 2.74. The summed E-state index contributed by atoms with van der Waals surface area (Å²) in [6, 6.07) is 22.2. The Morgan fingerprint density at radius 3 is 2.46 bits per heavy atom. The van der Waals surface area contributed by atoms with Crippen molar-refractivity contribution in [2.75, 3.05) is 0 Å². The number of hydrogen-bond acceptors (Lipinski definition) is 0. The van der Waals surface area contributed by atoms with Gasteiger partial charge in [-0.25, -0.2) is 0 Å². The van der Waals surface area contributed by atoms with E-state index in [2.05, 4.69) is 67.6 Å². The van der Waals surface area contributed by atoms with Crippen LogP contribution in [0.4, 0.5) is 0 Å². The second-order valence-electron chi connectivity index (χ2n) is 8.39. The van der Waals surface area contributed by atoms with Crippen molar-refractivity contribution in [3.05, 3.63) is 82.4 Å². The lowest BCUT2D eigenvalue weighted by Gasteiger charge is -2.35. The molecule has 1 aliphatic rings. The molecule has 0 heterocycles. The molecular weight excluding hydrogens is 360 g/mol. The van der Waals surface area contributed by atoms with Crippen molar-refractivity contribution >= 4 is 22.4 Å². The molecule has 2 atom stereocenters. The van der Waals surface area contributed by atoms with Gasteiger partial charge in [0.15, 0.2) is 0 Å². The van der Waals surface area contributed by atoms with Crippen molar-refractivity contribution in [3.63, 3.8) is 0 Å². The summed E-state index contributed by atoms with van der Waals surface area (Å²) >= 11 is 6.20. The van der Waals surface area contributed by atoms with Gasteiger partial charge in [0.05, 0.1) is 0 Å². The molecule has 0 saturated heterocycles. The number of rotatable bonds is 7. The number of fused-ring (bicyclic) bond motifs is 3. The first-order chi connectivity index (χ1) is 13.8. The van der Waals surface area contributed by atoms with Gasteiger partial charge in [-0.15, -0.1) is 0 Å². The standard InChI is InChI=1S/C27H31Cl/c1-2-3-4-5-6-10-21-15-18-25-24-11-8-7-9-20(24)14-19-26(25)27(21)22-12-16-23(28)17-13-22/h7-9,11-14,16-17,19,21,27H,2-6,10,15,18H2,1H3/t21-,27-/m1/s1. The van der Waals surface area contributed by atoms with Gasteiger partial charge in [0.1, 0.15) is 0 Å². The SMILES string of the molecule is CCCCCCC[C@@H]1CCc2c(ccc3ccccc23)[C@H]1c1ccc(Cl)cc1. The van der Waals surface area contributed by atoms with Crippen LogP contribution in [0.1, 0.15) is 74.5 Å². The molecule has 3 aromatic rings. The van der Waals surface area contributed by atoms with E-state index in [1.54, 1.807) is 11.1 Å². The minimum Gasteiger partial charge on any atom is -0.0843 e. The highest BCUT2D eigenvalue weighted by Gasteiger charge is 2.31. The Hall–Kier alpha value is -1.79. The lowest BCUT2D eigenvalue weighted by Crippen LogP contribution is -2.22. The molecule has 1 aliphatic carbocycles. The number of aryl methyl sites for hydroxylation is 1. The third-order valence-corrected chi connectivity index (χ3v) is 6.81. The Bertz CT molecular complexity index is 909. The van der Waals surface area contributed by atoms with Crippen LogP contribution in [0.15, 0.2) is 60.7 Å². The fourth-order valence-electron chi connectivity index (χ4n) is 5.12. The highest BCUT2D eigenvalue weighted by atomic mass is 35.5. The van der Waals surface area contributed by atoms with Crippen LogP contribution in [0.5, 0.6) is 0 Å². The second-order valence-corrected chi connectivity index (χ2v) is 8.82. The maximum Gasteiger partial charge on any atom is 0.0406 e. The third-order valence-electron chi connectivity index (χ3n) is 6.56. The zero-order valence-corrected chi connectivity index (χ0v) is 17.7. The number of benzene rings is 3.